The predicted molar refractivity (Wildman–Crippen MR) is 62.2 cm³/mol. The van der Waals surface area contributed by atoms with Gasteiger partial charge in [0.15, 0.2) is 0 Å². The lowest BCUT2D eigenvalue weighted by Crippen LogP contribution is -2.11. The molecule has 0 fully saturated rings. The Hall–Kier alpha value is -1.02. The van der Waals surface area contributed by atoms with Gasteiger partial charge in [-0.3, -0.25) is 0 Å². The average Bonchev–Trinajstić information content (AvgIpc) is 2.14. The molecule has 0 aliphatic carbocycles. The van der Waals surface area contributed by atoms with Crippen LogP contribution in [0.3, 0.4) is 0 Å². The fourth-order valence-corrected chi connectivity index (χ4v) is 1.52. The van der Waals surface area contributed by atoms with E-state index in [4.69, 9.17) is 9.84 Å². The van der Waals surface area contributed by atoms with Crippen LogP contribution in [0.2, 0.25) is 0 Å². The van der Waals surface area contributed by atoms with Gasteiger partial charge < -0.3 is 9.84 Å². The Morgan fingerprint density at radius 1 is 1.20 bits per heavy atom. The summed E-state index contributed by atoms with van der Waals surface area (Å²) in [5.41, 5.74) is 1.46. The van der Waals surface area contributed by atoms with E-state index in [1.807, 2.05) is 18.2 Å². The predicted octanol–water partition coefficient (Wildman–Crippen LogP) is 2.65. The fourth-order valence-electron chi connectivity index (χ4n) is 1.52. The molecule has 84 valence electrons. The Morgan fingerprint density at radius 3 is 2.47 bits per heavy atom. The van der Waals surface area contributed by atoms with Crippen molar-refractivity contribution in [1.82, 2.24) is 0 Å². The van der Waals surface area contributed by atoms with Crippen molar-refractivity contribution in [3.8, 4) is 5.75 Å². The Morgan fingerprint density at radius 2 is 1.87 bits per heavy atom. The van der Waals surface area contributed by atoms with Crippen LogP contribution >= 0.6 is 0 Å². The zero-order valence-corrected chi connectivity index (χ0v) is 9.79. The summed E-state index contributed by atoms with van der Waals surface area (Å²) in [4.78, 5) is 0. The molecule has 2 heteroatoms. The quantitative estimate of drug-likeness (QED) is 0.824. The molecular formula is C13H20O2. The molecule has 0 heterocycles. The maximum Gasteiger partial charge on any atom is 0.122 e. The SMILES string of the molecule is CC(C)(C)Cc1ccccc1OCCO. The van der Waals surface area contributed by atoms with Gasteiger partial charge >= 0.3 is 0 Å². The molecule has 1 N–H and O–H groups in total. The van der Waals surface area contributed by atoms with Gasteiger partial charge in [-0.25, -0.2) is 0 Å². The van der Waals surface area contributed by atoms with E-state index in [0.29, 0.717) is 6.61 Å². The number of benzene rings is 1. The molecule has 0 amide bonds. The molecule has 0 bridgehead atoms. The van der Waals surface area contributed by atoms with E-state index < -0.39 is 0 Å². The molecule has 1 rings (SSSR count). The highest BCUT2D eigenvalue weighted by atomic mass is 16.5. The number of rotatable bonds is 4. The second kappa shape index (κ2) is 5.17. The van der Waals surface area contributed by atoms with Gasteiger partial charge in [-0.05, 0) is 23.5 Å². The van der Waals surface area contributed by atoms with Crippen LogP contribution in [0.1, 0.15) is 26.3 Å². The van der Waals surface area contributed by atoms with Gasteiger partial charge in [0.1, 0.15) is 12.4 Å². The first kappa shape index (κ1) is 12.1. The summed E-state index contributed by atoms with van der Waals surface area (Å²) >= 11 is 0. The largest absolute Gasteiger partial charge is 0.491 e. The van der Waals surface area contributed by atoms with Crippen LogP contribution in [0.15, 0.2) is 24.3 Å². The summed E-state index contributed by atoms with van der Waals surface area (Å²) in [7, 11) is 0. The standard InChI is InChI=1S/C13H20O2/c1-13(2,3)10-11-6-4-5-7-12(11)15-9-8-14/h4-7,14H,8-10H2,1-3H3. The average molecular weight is 208 g/mol. The second-order valence-corrected chi connectivity index (χ2v) is 4.92. The van der Waals surface area contributed by atoms with Crippen LogP contribution in [0.25, 0.3) is 0 Å². The summed E-state index contributed by atoms with van der Waals surface area (Å²) in [5, 5.41) is 8.73. The number of aliphatic hydroxyl groups is 1. The van der Waals surface area contributed by atoms with Gasteiger partial charge in [-0.15, -0.1) is 0 Å². The van der Waals surface area contributed by atoms with Crippen molar-refractivity contribution in [3.63, 3.8) is 0 Å². The third-order valence-corrected chi connectivity index (χ3v) is 2.04. The van der Waals surface area contributed by atoms with Gasteiger partial charge in [-0.1, -0.05) is 39.0 Å². The van der Waals surface area contributed by atoms with Crippen LogP contribution in [0.5, 0.6) is 5.75 Å². The lowest BCUT2D eigenvalue weighted by molar-refractivity contribution is 0.199. The van der Waals surface area contributed by atoms with Crippen molar-refractivity contribution in [2.45, 2.75) is 27.2 Å². The molecule has 0 radical (unpaired) electrons. The summed E-state index contributed by atoms with van der Waals surface area (Å²) < 4.78 is 5.48. The topological polar surface area (TPSA) is 29.5 Å². The number of ether oxygens (including phenoxy) is 1. The lowest BCUT2D eigenvalue weighted by Gasteiger charge is -2.20. The Bertz CT molecular complexity index is 300. The van der Waals surface area contributed by atoms with E-state index in [1.165, 1.54) is 5.56 Å². The highest BCUT2D eigenvalue weighted by Crippen LogP contribution is 2.27. The van der Waals surface area contributed by atoms with Gasteiger partial charge in [0.05, 0.1) is 6.61 Å². The second-order valence-electron chi connectivity index (χ2n) is 4.92. The Balaban J connectivity index is 2.77. The summed E-state index contributed by atoms with van der Waals surface area (Å²) in [5.74, 6) is 0.890. The third kappa shape index (κ3) is 4.34. The Labute approximate surface area is 91.9 Å². The molecule has 0 atom stereocenters. The first-order chi connectivity index (χ1) is 7.03. The highest BCUT2D eigenvalue weighted by molar-refractivity contribution is 5.33. The molecule has 0 unspecified atom stereocenters. The number of hydrogen-bond acceptors (Lipinski definition) is 2. The zero-order chi connectivity index (χ0) is 11.3. The molecule has 1 aromatic rings. The van der Waals surface area contributed by atoms with Crippen molar-refractivity contribution in [2.24, 2.45) is 5.41 Å². The minimum atomic E-state index is 0.0594. The lowest BCUT2D eigenvalue weighted by atomic mass is 9.88. The van der Waals surface area contributed by atoms with Crippen molar-refractivity contribution in [1.29, 1.82) is 0 Å². The van der Waals surface area contributed by atoms with Crippen molar-refractivity contribution < 1.29 is 9.84 Å². The molecule has 0 saturated carbocycles. The van der Waals surface area contributed by atoms with Gasteiger partial charge in [-0.2, -0.15) is 0 Å². The maximum absolute atomic E-state index is 8.73. The van der Waals surface area contributed by atoms with Gasteiger partial charge in [0.25, 0.3) is 0 Å². The number of para-hydroxylation sites is 1. The van der Waals surface area contributed by atoms with Crippen molar-refractivity contribution >= 4 is 0 Å². The van der Waals surface area contributed by atoms with Crippen LogP contribution in [0.4, 0.5) is 0 Å². The molecule has 0 aromatic heterocycles. The maximum atomic E-state index is 8.73. The zero-order valence-electron chi connectivity index (χ0n) is 9.79. The summed E-state index contributed by atoms with van der Waals surface area (Å²) in [6.45, 7) is 7.03. The van der Waals surface area contributed by atoms with Gasteiger partial charge in [0, 0.05) is 0 Å². The number of aliphatic hydroxyl groups excluding tert-OH is 1. The van der Waals surface area contributed by atoms with E-state index in [1.54, 1.807) is 0 Å². The summed E-state index contributed by atoms with van der Waals surface area (Å²) in [6.07, 6.45) is 0.981. The van der Waals surface area contributed by atoms with Crippen LogP contribution in [-0.2, 0) is 6.42 Å². The normalized spacial score (nSPS) is 11.5. The molecule has 0 spiro atoms. The molecule has 1 aromatic carbocycles. The number of hydrogen-bond donors (Lipinski definition) is 1. The third-order valence-electron chi connectivity index (χ3n) is 2.04. The minimum absolute atomic E-state index is 0.0594. The molecule has 0 aliphatic heterocycles. The van der Waals surface area contributed by atoms with Crippen molar-refractivity contribution in [3.05, 3.63) is 29.8 Å². The first-order valence-corrected chi connectivity index (χ1v) is 5.34. The molecule has 2 nitrogen and oxygen atoms in total. The van der Waals surface area contributed by atoms with E-state index in [-0.39, 0.29) is 12.0 Å². The van der Waals surface area contributed by atoms with E-state index in [2.05, 4.69) is 26.8 Å². The fraction of sp³-hybridized carbons (Fsp3) is 0.538. The van der Waals surface area contributed by atoms with E-state index in [0.717, 1.165) is 12.2 Å². The van der Waals surface area contributed by atoms with Gasteiger partial charge in [0.2, 0.25) is 0 Å². The molecule has 0 aliphatic rings. The van der Waals surface area contributed by atoms with E-state index >= 15 is 0 Å². The van der Waals surface area contributed by atoms with Crippen LogP contribution in [-0.4, -0.2) is 18.3 Å². The monoisotopic (exact) mass is 208 g/mol. The Kier molecular flexibility index (Phi) is 4.15. The van der Waals surface area contributed by atoms with E-state index in [9.17, 15) is 0 Å². The molecular weight excluding hydrogens is 188 g/mol. The molecule has 0 saturated heterocycles. The highest BCUT2D eigenvalue weighted by Gasteiger charge is 2.14. The van der Waals surface area contributed by atoms with Crippen LogP contribution < -0.4 is 4.74 Å². The summed E-state index contributed by atoms with van der Waals surface area (Å²) in [6, 6.07) is 8.01. The van der Waals surface area contributed by atoms with Crippen molar-refractivity contribution in [2.75, 3.05) is 13.2 Å². The first-order valence-electron chi connectivity index (χ1n) is 5.34. The minimum Gasteiger partial charge on any atom is -0.491 e. The smallest absolute Gasteiger partial charge is 0.122 e. The van der Waals surface area contributed by atoms with Crippen LogP contribution in [0, 0.1) is 5.41 Å². The molecule has 15 heavy (non-hydrogen) atoms.